The molecule has 0 unspecified atom stereocenters. The number of nitrogens with one attached hydrogen (secondary N) is 3. The van der Waals surface area contributed by atoms with Crippen molar-refractivity contribution in [2.75, 3.05) is 60.3 Å². The third-order valence-electron chi connectivity index (χ3n) is 7.26. The fourth-order valence-electron chi connectivity index (χ4n) is 5.02. The van der Waals surface area contributed by atoms with Crippen LogP contribution in [0.5, 0.6) is 17.4 Å². The highest BCUT2D eigenvalue weighted by Crippen LogP contribution is 2.37. The van der Waals surface area contributed by atoms with Crippen molar-refractivity contribution in [3.8, 4) is 17.4 Å². The lowest BCUT2D eigenvalue weighted by Gasteiger charge is -2.30. The first kappa shape index (κ1) is 27.8. The lowest BCUT2D eigenvalue weighted by atomic mass is 10.1. The summed E-state index contributed by atoms with van der Waals surface area (Å²) in [4.78, 5) is 33.0. The van der Waals surface area contributed by atoms with E-state index in [2.05, 4.69) is 27.4 Å². The molecule has 5 rings (SSSR count). The van der Waals surface area contributed by atoms with Gasteiger partial charge in [0.2, 0.25) is 17.7 Å². The summed E-state index contributed by atoms with van der Waals surface area (Å²) in [6.07, 6.45) is 4.68. The van der Waals surface area contributed by atoms with E-state index in [9.17, 15) is 9.59 Å². The number of aromatic nitrogens is 1. The molecule has 2 aliphatic heterocycles. The molecule has 0 spiro atoms. The van der Waals surface area contributed by atoms with Gasteiger partial charge in [0.15, 0.2) is 0 Å². The van der Waals surface area contributed by atoms with Gasteiger partial charge in [-0.3, -0.25) is 9.59 Å². The van der Waals surface area contributed by atoms with Gasteiger partial charge in [-0.25, -0.2) is 0 Å². The average molecular weight is 557 g/mol. The van der Waals surface area contributed by atoms with Crippen molar-refractivity contribution in [2.24, 2.45) is 0 Å². The molecule has 2 saturated heterocycles. The summed E-state index contributed by atoms with van der Waals surface area (Å²) in [6.45, 7) is 8.98. The Balaban J connectivity index is 1.43. The lowest BCUT2D eigenvalue weighted by molar-refractivity contribution is -0.120. The van der Waals surface area contributed by atoms with Crippen molar-refractivity contribution in [1.82, 2.24) is 10.3 Å². The maximum atomic E-state index is 11.9. The summed E-state index contributed by atoms with van der Waals surface area (Å²) >= 11 is 0. The number of piperazine rings is 1. The van der Waals surface area contributed by atoms with E-state index in [4.69, 9.17) is 14.5 Å². The van der Waals surface area contributed by atoms with Gasteiger partial charge in [-0.2, -0.15) is 4.98 Å². The molecule has 41 heavy (non-hydrogen) atoms. The Hall–Kier alpha value is -4.73. The van der Waals surface area contributed by atoms with Gasteiger partial charge in [0.25, 0.3) is 0 Å². The molecule has 0 saturated carbocycles. The highest BCUT2D eigenvalue weighted by Gasteiger charge is 2.20. The van der Waals surface area contributed by atoms with Crippen LogP contribution < -0.4 is 35.2 Å². The number of piperidine rings is 1. The summed E-state index contributed by atoms with van der Waals surface area (Å²) in [7, 11) is 1.62. The maximum Gasteiger partial charge on any atom is 0.247 e. The van der Waals surface area contributed by atoms with Crippen LogP contribution >= 0.6 is 0 Å². The number of ether oxygens (including phenoxy) is 2. The number of nitrogens with zero attached hydrogens (tertiary/aromatic N) is 3. The molecule has 0 radical (unpaired) electrons. The number of benzene rings is 2. The van der Waals surface area contributed by atoms with Crippen LogP contribution in [-0.4, -0.2) is 56.6 Å². The molecule has 10 heteroatoms. The zero-order valence-electron chi connectivity index (χ0n) is 23.5. The second kappa shape index (κ2) is 12.6. The first-order chi connectivity index (χ1) is 19.9. The Morgan fingerprint density at radius 1 is 1.02 bits per heavy atom. The van der Waals surface area contributed by atoms with Gasteiger partial charge in [0.05, 0.1) is 19.3 Å². The molecule has 214 valence electrons. The van der Waals surface area contributed by atoms with E-state index < -0.39 is 0 Å². The largest absolute Gasteiger partial charge is 0.494 e. The molecule has 0 aliphatic carbocycles. The van der Waals surface area contributed by atoms with Crippen molar-refractivity contribution in [3.05, 3.63) is 66.7 Å². The van der Waals surface area contributed by atoms with Gasteiger partial charge in [-0.05, 0) is 68.2 Å². The Morgan fingerprint density at radius 3 is 2.61 bits per heavy atom. The van der Waals surface area contributed by atoms with Crippen LogP contribution in [0, 0.1) is 6.92 Å². The van der Waals surface area contributed by atoms with E-state index >= 15 is 0 Å². The van der Waals surface area contributed by atoms with E-state index in [1.54, 1.807) is 13.2 Å². The molecule has 0 bridgehead atoms. The van der Waals surface area contributed by atoms with E-state index in [1.165, 1.54) is 12.5 Å². The minimum absolute atomic E-state index is 0.00623. The van der Waals surface area contributed by atoms with Crippen LogP contribution in [-0.2, 0) is 9.59 Å². The van der Waals surface area contributed by atoms with Crippen molar-refractivity contribution in [3.63, 3.8) is 0 Å². The minimum atomic E-state index is -0.285. The fourth-order valence-corrected chi connectivity index (χ4v) is 5.02. The Morgan fingerprint density at radius 2 is 1.85 bits per heavy atom. The summed E-state index contributed by atoms with van der Waals surface area (Å²) < 4.78 is 12.1. The van der Waals surface area contributed by atoms with Crippen molar-refractivity contribution in [1.29, 1.82) is 0 Å². The molecule has 3 N–H and O–H groups in total. The second-order valence-electron chi connectivity index (χ2n) is 10.1. The third-order valence-corrected chi connectivity index (χ3v) is 7.26. The molecule has 3 aromatic rings. The van der Waals surface area contributed by atoms with E-state index in [-0.39, 0.29) is 11.8 Å². The number of methoxy groups -OCH3 is 1. The molecular formula is C31H36N6O4. The summed E-state index contributed by atoms with van der Waals surface area (Å²) in [5.74, 6) is 1.98. The number of hydrogen-bond donors (Lipinski definition) is 3. The van der Waals surface area contributed by atoms with Crippen LogP contribution in [0.4, 0.5) is 28.6 Å². The van der Waals surface area contributed by atoms with Gasteiger partial charge in [0.1, 0.15) is 23.0 Å². The van der Waals surface area contributed by atoms with Gasteiger partial charge in [-0.15, -0.1) is 0 Å². The van der Waals surface area contributed by atoms with E-state index in [1.807, 2.05) is 54.3 Å². The third kappa shape index (κ3) is 6.71. The molecule has 2 amide bonds. The van der Waals surface area contributed by atoms with Crippen molar-refractivity contribution >= 4 is 40.4 Å². The van der Waals surface area contributed by atoms with Crippen LogP contribution in [0.2, 0.25) is 0 Å². The number of aryl methyl sites for hydroxylation is 1. The second-order valence-corrected chi connectivity index (χ2v) is 10.1. The molecule has 2 aliphatic rings. The molecular weight excluding hydrogens is 520 g/mol. The predicted molar refractivity (Wildman–Crippen MR) is 162 cm³/mol. The Bertz CT molecular complexity index is 1440. The number of carbonyl (C=O) groups is 2. The zero-order valence-corrected chi connectivity index (χ0v) is 23.5. The lowest BCUT2D eigenvalue weighted by Crippen LogP contribution is -2.47. The quantitative estimate of drug-likeness (QED) is 0.317. The minimum Gasteiger partial charge on any atom is -0.494 e. The molecule has 0 atom stereocenters. The highest BCUT2D eigenvalue weighted by atomic mass is 16.5. The van der Waals surface area contributed by atoms with Gasteiger partial charge in [-0.1, -0.05) is 12.6 Å². The SMILES string of the molecule is C=CC(=O)Nc1cc(Oc2nc(Nc3ccc(N4CCNC(=O)C4)cc3OC)ccc2N2CCCCC2)ccc1C. The number of hydrogen-bond acceptors (Lipinski definition) is 8. The summed E-state index contributed by atoms with van der Waals surface area (Å²) in [6, 6.07) is 15.3. The highest BCUT2D eigenvalue weighted by molar-refractivity contribution is 5.99. The molecule has 3 heterocycles. The molecule has 1 aromatic heterocycles. The van der Waals surface area contributed by atoms with Gasteiger partial charge >= 0.3 is 0 Å². The Labute approximate surface area is 240 Å². The van der Waals surface area contributed by atoms with Crippen molar-refractivity contribution in [2.45, 2.75) is 26.2 Å². The van der Waals surface area contributed by atoms with E-state index in [0.717, 1.165) is 55.1 Å². The average Bonchev–Trinajstić information content (AvgIpc) is 2.99. The zero-order chi connectivity index (χ0) is 28.8. The number of pyridine rings is 1. The Kier molecular flexibility index (Phi) is 8.57. The summed E-state index contributed by atoms with van der Waals surface area (Å²) in [5.41, 5.74) is 4.13. The number of carbonyl (C=O) groups excluding carboxylic acids is 2. The summed E-state index contributed by atoms with van der Waals surface area (Å²) in [5, 5.41) is 9.06. The number of amides is 2. The van der Waals surface area contributed by atoms with Crippen LogP contribution in [0.1, 0.15) is 24.8 Å². The van der Waals surface area contributed by atoms with Crippen LogP contribution in [0.3, 0.4) is 0 Å². The first-order valence-electron chi connectivity index (χ1n) is 13.9. The van der Waals surface area contributed by atoms with Crippen LogP contribution in [0.15, 0.2) is 61.2 Å². The smallest absolute Gasteiger partial charge is 0.247 e. The number of rotatable bonds is 9. The monoisotopic (exact) mass is 556 g/mol. The number of anilines is 5. The van der Waals surface area contributed by atoms with Gasteiger partial charge in [0, 0.05) is 49.7 Å². The maximum absolute atomic E-state index is 11.9. The fraction of sp³-hybridized carbons (Fsp3) is 0.323. The standard InChI is InChI=1S/C31H36N6O4/c1-4-29(38)34-25-19-23(10-8-21(25)2)41-31-26(36-15-6-5-7-16-36)12-13-28(35-31)33-24-11-9-22(18-27(24)40-3)37-17-14-32-30(39)20-37/h4,8-13,18-19H,1,5-7,14-17,20H2,2-3H3,(H,32,39)(H,33,35)(H,34,38). The predicted octanol–water partition coefficient (Wildman–Crippen LogP) is 4.99. The molecule has 10 nitrogen and oxygen atoms in total. The van der Waals surface area contributed by atoms with Crippen LogP contribution in [0.25, 0.3) is 0 Å². The van der Waals surface area contributed by atoms with E-state index in [0.29, 0.717) is 42.0 Å². The normalized spacial score (nSPS) is 15.1. The first-order valence-corrected chi connectivity index (χ1v) is 13.9. The van der Waals surface area contributed by atoms with Gasteiger partial charge < -0.3 is 35.2 Å². The van der Waals surface area contributed by atoms with Crippen molar-refractivity contribution < 1.29 is 19.1 Å². The molecule has 2 aromatic carbocycles. The topological polar surface area (TPSA) is 108 Å². The molecule has 2 fully saturated rings.